The van der Waals surface area contributed by atoms with Crippen molar-refractivity contribution in [1.29, 1.82) is 0 Å². The van der Waals surface area contributed by atoms with E-state index in [0.717, 1.165) is 12.5 Å². The summed E-state index contributed by atoms with van der Waals surface area (Å²) in [5.74, 6) is 0.731. The SMILES string of the molecule is CC1CN(CC(C)(C)C)CC1(C)CN. The van der Waals surface area contributed by atoms with Gasteiger partial charge in [-0.1, -0.05) is 34.6 Å². The molecule has 14 heavy (non-hydrogen) atoms. The van der Waals surface area contributed by atoms with Crippen LogP contribution in [0.3, 0.4) is 0 Å². The molecule has 0 amide bonds. The predicted octanol–water partition coefficient (Wildman–Crippen LogP) is 1.95. The molecule has 0 spiro atoms. The van der Waals surface area contributed by atoms with Crippen molar-refractivity contribution in [2.45, 2.75) is 34.6 Å². The molecule has 0 aromatic heterocycles. The predicted molar refractivity (Wildman–Crippen MR) is 62.2 cm³/mol. The zero-order chi connectivity index (χ0) is 11.0. The van der Waals surface area contributed by atoms with E-state index in [1.807, 2.05) is 0 Å². The highest BCUT2D eigenvalue weighted by molar-refractivity contribution is 4.93. The first-order chi connectivity index (χ1) is 6.27. The van der Waals surface area contributed by atoms with E-state index in [1.165, 1.54) is 19.6 Å². The summed E-state index contributed by atoms with van der Waals surface area (Å²) in [6.07, 6.45) is 0. The third-order valence-corrected chi connectivity index (χ3v) is 3.47. The summed E-state index contributed by atoms with van der Waals surface area (Å²) in [7, 11) is 0. The van der Waals surface area contributed by atoms with Crippen LogP contribution in [0, 0.1) is 16.7 Å². The number of hydrogen-bond donors (Lipinski definition) is 1. The summed E-state index contributed by atoms with van der Waals surface area (Å²) >= 11 is 0. The van der Waals surface area contributed by atoms with Crippen LogP contribution in [-0.4, -0.2) is 31.1 Å². The third kappa shape index (κ3) is 2.71. The number of rotatable bonds is 2. The first-order valence-corrected chi connectivity index (χ1v) is 5.69. The summed E-state index contributed by atoms with van der Waals surface area (Å²) in [6, 6.07) is 0. The fourth-order valence-electron chi connectivity index (χ4n) is 2.40. The second-order valence-electron chi connectivity index (χ2n) is 6.49. The van der Waals surface area contributed by atoms with E-state index >= 15 is 0 Å². The van der Waals surface area contributed by atoms with Gasteiger partial charge in [-0.05, 0) is 23.3 Å². The van der Waals surface area contributed by atoms with Crippen LogP contribution >= 0.6 is 0 Å². The van der Waals surface area contributed by atoms with Crippen LogP contribution in [0.4, 0.5) is 0 Å². The Bertz CT molecular complexity index is 195. The number of likely N-dealkylation sites (tertiary alicyclic amines) is 1. The Hall–Kier alpha value is -0.0800. The topological polar surface area (TPSA) is 29.3 Å². The van der Waals surface area contributed by atoms with Crippen molar-refractivity contribution in [2.24, 2.45) is 22.5 Å². The molecule has 0 aromatic carbocycles. The molecule has 2 heteroatoms. The second-order valence-corrected chi connectivity index (χ2v) is 6.49. The van der Waals surface area contributed by atoms with Crippen LogP contribution < -0.4 is 5.73 Å². The van der Waals surface area contributed by atoms with Gasteiger partial charge in [0.15, 0.2) is 0 Å². The highest BCUT2D eigenvalue weighted by Gasteiger charge is 2.39. The van der Waals surface area contributed by atoms with Crippen LogP contribution in [0.15, 0.2) is 0 Å². The zero-order valence-corrected chi connectivity index (χ0v) is 10.4. The van der Waals surface area contributed by atoms with Gasteiger partial charge in [0.1, 0.15) is 0 Å². The van der Waals surface area contributed by atoms with Gasteiger partial charge in [0.25, 0.3) is 0 Å². The van der Waals surface area contributed by atoms with Crippen LogP contribution in [0.25, 0.3) is 0 Å². The van der Waals surface area contributed by atoms with Crippen molar-refractivity contribution in [1.82, 2.24) is 4.90 Å². The van der Waals surface area contributed by atoms with Crippen LogP contribution in [-0.2, 0) is 0 Å². The molecule has 2 unspecified atom stereocenters. The lowest BCUT2D eigenvalue weighted by Gasteiger charge is -2.28. The number of nitrogens with two attached hydrogens (primary N) is 1. The second kappa shape index (κ2) is 3.82. The van der Waals surface area contributed by atoms with Crippen LogP contribution in [0.5, 0.6) is 0 Å². The number of hydrogen-bond acceptors (Lipinski definition) is 2. The Balaban J connectivity index is 2.55. The molecule has 0 aromatic rings. The van der Waals surface area contributed by atoms with E-state index in [-0.39, 0.29) is 0 Å². The van der Waals surface area contributed by atoms with Gasteiger partial charge < -0.3 is 10.6 Å². The minimum atomic E-state index is 0.339. The van der Waals surface area contributed by atoms with E-state index in [2.05, 4.69) is 39.5 Å². The molecule has 1 aliphatic rings. The van der Waals surface area contributed by atoms with Crippen molar-refractivity contribution in [3.63, 3.8) is 0 Å². The van der Waals surface area contributed by atoms with E-state index in [4.69, 9.17) is 5.73 Å². The molecule has 0 radical (unpaired) electrons. The minimum absolute atomic E-state index is 0.339. The quantitative estimate of drug-likeness (QED) is 0.735. The number of nitrogens with zero attached hydrogens (tertiary/aromatic N) is 1. The molecule has 1 aliphatic heterocycles. The molecule has 84 valence electrons. The lowest BCUT2D eigenvalue weighted by atomic mass is 9.81. The van der Waals surface area contributed by atoms with E-state index < -0.39 is 0 Å². The molecule has 1 rings (SSSR count). The maximum absolute atomic E-state index is 5.86. The van der Waals surface area contributed by atoms with Gasteiger partial charge in [-0.15, -0.1) is 0 Å². The molecule has 0 aliphatic carbocycles. The van der Waals surface area contributed by atoms with Gasteiger partial charge in [-0.3, -0.25) is 0 Å². The third-order valence-electron chi connectivity index (χ3n) is 3.47. The molecule has 0 bridgehead atoms. The van der Waals surface area contributed by atoms with E-state index in [9.17, 15) is 0 Å². The molecule has 2 N–H and O–H groups in total. The van der Waals surface area contributed by atoms with Gasteiger partial charge in [0.05, 0.1) is 0 Å². The van der Waals surface area contributed by atoms with Crippen molar-refractivity contribution in [2.75, 3.05) is 26.2 Å². The fourth-order valence-corrected chi connectivity index (χ4v) is 2.40. The molecule has 2 atom stereocenters. The first-order valence-electron chi connectivity index (χ1n) is 5.69. The van der Waals surface area contributed by atoms with Gasteiger partial charge in [0, 0.05) is 19.6 Å². The van der Waals surface area contributed by atoms with Crippen LogP contribution in [0.1, 0.15) is 34.6 Å². The molecular weight excluding hydrogens is 172 g/mol. The maximum atomic E-state index is 5.86. The Morgan fingerprint density at radius 1 is 1.43 bits per heavy atom. The molecule has 0 saturated carbocycles. The minimum Gasteiger partial charge on any atom is -0.330 e. The average molecular weight is 198 g/mol. The smallest absolute Gasteiger partial charge is 0.00508 e. The van der Waals surface area contributed by atoms with Crippen molar-refractivity contribution in [3.05, 3.63) is 0 Å². The first kappa shape index (κ1) is 12.0. The van der Waals surface area contributed by atoms with Gasteiger partial charge in [-0.2, -0.15) is 0 Å². The molecular formula is C12H26N2. The summed E-state index contributed by atoms with van der Waals surface area (Å²) in [6.45, 7) is 15.9. The molecule has 2 nitrogen and oxygen atoms in total. The Morgan fingerprint density at radius 3 is 2.36 bits per heavy atom. The van der Waals surface area contributed by atoms with E-state index in [0.29, 0.717) is 10.8 Å². The maximum Gasteiger partial charge on any atom is 0.00508 e. The van der Waals surface area contributed by atoms with Crippen molar-refractivity contribution in [3.8, 4) is 0 Å². The molecule has 1 saturated heterocycles. The Morgan fingerprint density at radius 2 is 2.00 bits per heavy atom. The Labute approximate surface area is 88.8 Å². The lowest BCUT2D eigenvalue weighted by Crippen LogP contribution is -2.36. The van der Waals surface area contributed by atoms with E-state index in [1.54, 1.807) is 0 Å². The molecule has 1 fully saturated rings. The van der Waals surface area contributed by atoms with Crippen molar-refractivity contribution >= 4 is 0 Å². The monoisotopic (exact) mass is 198 g/mol. The summed E-state index contributed by atoms with van der Waals surface area (Å²) in [5, 5.41) is 0. The normalized spacial score (nSPS) is 35.1. The highest BCUT2D eigenvalue weighted by atomic mass is 15.2. The van der Waals surface area contributed by atoms with Crippen molar-refractivity contribution < 1.29 is 0 Å². The fraction of sp³-hybridized carbons (Fsp3) is 1.00. The summed E-state index contributed by atoms with van der Waals surface area (Å²) in [5.41, 5.74) is 6.60. The van der Waals surface area contributed by atoms with Gasteiger partial charge in [-0.25, -0.2) is 0 Å². The van der Waals surface area contributed by atoms with Gasteiger partial charge >= 0.3 is 0 Å². The Kier molecular flexibility index (Phi) is 3.27. The summed E-state index contributed by atoms with van der Waals surface area (Å²) in [4.78, 5) is 2.57. The highest BCUT2D eigenvalue weighted by Crippen LogP contribution is 2.35. The lowest BCUT2D eigenvalue weighted by molar-refractivity contribution is 0.204. The molecule has 1 heterocycles. The standard InChI is InChI=1S/C12H26N2/c1-10-6-14(8-11(2,3)4)9-12(10,5)7-13/h10H,6-9,13H2,1-5H3. The summed E-state index contributed by atoms with van der Waals surface area (Å²) < 4.78 is 0. The average Bonchev–Trinajstić information content (AvgIpc) is 2.25. The zero-order valence-electron chi connectivity index (χ0n) is 10.4. The largest absolute Gasteiger partial charge is 0.330 e. The van der Waals surface area contributed by atoms with Gasteiger partial charge in [0.2, 0.25) is 0 Å². The van der Waals surface area contributed by atoms with Crippen LogP contribution in [0.2, 0.25) is 0 Å².